The van der Waals surface area contributed by atoms with E-state index in [9.17, 15) is 19.4 Å². The van der Waals surface area contributed by atoms with Crippen LogP contribution in [0.1, 0.15) is 29.9 Å². The molecule has 0 aliphatic rings. The van der Waals surface area contributed by atoms with Crippen LogP contribution in [0.15, 0.2) is 48.5 Å². The third-order valence-electron chi connectivity index (χ3n) is 6.27. The number of benzene rings is 3. The Morgan fingerprint density at radius 2 is 1.73 bits per heavy atom. The van der Waals surface area contributed by atoms with Crippen LogP contribution in [0.2, 0.25) is 5.02 Å². The summed E-state index contributed by atoms with van der Waals surface area (Å²) in [6.45, 7) is 4.26. The molecule has 0 aliphatic carbocycles. The van der Waals surface area contributed by atoms with Gasteiger partial charge in [-0.25, -0.2) is 9.18 Å². The zero-order chi connectivity index (χ0) is 27.1. The van der Waals surface area contributed by atoms with Crippen molar-refractivity contribution < 1.29 is 33.6 Å². The molecule has 7 nitrogen and oxygen atoms in total. The normalized spacial score (nSPS) is 11.6. The van der Waals surface area contributed by atoms with Crippen molar-refractivity contribution in [2.45, 2.75) is 19.3 Å². The molecule has 0 spiro atoms. The number of nitrogens with zero attached hydrogens (tertiary/aromatic N) is 1. The van der Waals surface area contributed by atoms with Gasteiger partial charge < -0.3 is 29.0 Å². The van der Waals surface area contributed by atoms with Gasteiger partial charge in [0.05, 0.1) is 26.3 Å². The van der Waals surface area contributed by atoms with Crippen LogP contribution in [0.5, 0.6) is 17.2 Å². The number of aromatic nitrogens is 1. The lowest BCUT2D eigenvalue weighted by atomic mass is 9.84. The van der Waals surface area contributed by atoms with Gasteiger partial charge >= 0.3 is 5.97 Å². The van der Waals surface area contributed by atoms with E-state index in [0.29, 0.717) is 39.3 Å². The number of aromatic hydroxyl groups is 1. The van der Waals surface area contributed by atoms with Gasteiger partial charge in [-0.2, -0.15) is 0 Å². The maximum Gasteiger partial charge on any atom is 0.339 e. The minimum atomic E-state index is -1.13. The number of rotatable bonds is 8. The summed E-state index contributed by atoms with van der Waals surface area (Å²) in [5.41, 5.74) is 2.38. The van der Waals surface area contributed by atoms with Gasteiger partial charge in [-0.3, -0.25) is 0 Å². The van der Waals surface area contributed by atoms with Gasteiger partial charge in [-0.15, -0.1) is 0 Å². The summed E-state index contributed by atoms with van der Waals surface area (Å²) in [7, 11) is 4.37. The van der Waals surface area contributed by atoms with Crippen molar-refractivity contribution in [3.63, 3.8) is 0 Å². The zero-order valence-corrected chi connectivity index (χ0v) is 21.8. The smallest absolute Gasteiger partial charge is 0.339 e. The number of hydrogen-bond acceptors (Lipinski definition) is 5. The van der Waals surface area contributed by atoms with Gasteiger partial charge in [0, 0.05) is 52.0 Å². The molecule has 4 aromatic rings. The Bertz CT molecular complexity index is 1510. The minimum Gasteiger partial charge on any atom is -0.506 e. The molecule has 0 amide bonds. The first-order valence-electron chi connectivity index (χ1n) is 11.4. The van der Waals surface area contributed by atoms with E-state index in [4.69, 9.17) is 25.8 Å². The number of carboxylic acid groups (broad SMARTS) is 1. The van der Waals surface area contributed by atoms with Crippen molar-refractivity contribution in [1.82, 2.24) is 4.57 Å². The van der Waals surface area contributed by atoms with Crippen LogP contribution in [0.25, 0.3) is 27.7 Å². The zero-order valence-electron chi connectivity index (χ0n) is 21.1. The lowest BCUT2D eigenvalue weighted by Crippen LogP contribution is -2.27. The lowest BCUT2D eigenvalue weighted by molar-refractivity contribution is 0.0693. The first-order valence-corrected chi connectivity index (χ1v) is 11.7. The first-order chi connectivity index (χ1) is 17.5. The summed E-state index contributed by atoms with van der Waals surface area (Å²) < 4.78 is 32.4. The van der Waals surface area contributed by atoms with Crippen molar-refractivity contribution in [3.05, 3.63) is 70.6 Å². The van der Waals surface area contributed by atoms with E-state index in [1.54, 1.807) is 37.4 Å². The van der Waals surface area contributed by atoms with Crippen molar-refractivity contribution in [2.24, 2.45) is 0 Å². The Labute approximate surface area is 218 Å². The third-order valence-corrected chi connectivity index (χ3v) is 6.49. The molecule has 0 unspecified atom stereocenters. The van der Waals surface area contributed by atoms with Crippen LogP contribution >= 0.6 is 11.6 Å². The maximum absolute atomic E-state index is 14.4. The van der Waals surface area contributed by atoms with E-state index < -0.39 is 17.2 Å². The fourth-order valence-electron chi connectivity index (χ4n) is 4.79. The van der Waals surface area contributed by atoms with E-state index in [2.05, 4.69) is 0 Å². The molecule has 4 rings (SSSR count). The molecule has 2 N–H and O–H groups in total. The number of carbonyl (C=O) groups is 1. The van der Waals surface area contributed by atoms with E-state index in [0.717, 1.165) is 5.69 Å². The molecule has 0 aliphatic heterocycles. The van der Waals surface area contributed by atoms with Crippen LogP contribution in [0, 0.1) is 5.82 Å². The van der Waals surface area contributed by atoms with Crippen molar-refractivity contribution in [1.29, 1.82) is 0 Å². The molecule has 3 aromatic carbocycles. The van der Waals surface area contributed by atoms with Gasteiger partial charge in [-0.1, -0.05) is 31.5 Å². The fraction of sp³-hybridized carbons (Fsp3) is 0.250. The molecule has 37 heavy (non-hydrogen) atoms. The number of methoxy groups -OCH3 is 3. The van der Waals surface area contributed by atoms with E-state index in [1.165, 1.54) is 32.4 Å². The molecule has 1 aromatic heterocycles. The molecule has 0 bridgehead atoms. The van der Waals surface area contributed by atoms with E-state index in [1.807, 2.05) is 18.4 Å². The Hall–Kier alpha value is -3.75. The molecule has 9 heteroatoms. The largest absolute Gasteiger partial charge is 0.506 e. The number of hydrogen-bond donors (Lipinski definition) is 2. The molecule has 0 saturated carbocycles. The monoisotopic (exact) mass is 527 g/mol. The highest BCUT2D eigenvalue weighted by atomic mass is 35.5. The van der Waals surface area contributed by atoms with Crippen molar-refractivity contribution >= 4 is 28.5 Å². The SMILES string of the molecule is COCC(C)(C)c1c(-c2ccc(F)c(OC)c2)c2cc(Cl)cc(O)c2n1-c1ccc(C(=O)O)c(OC)c1. The quantitative estimate of drug-likeness (QED) is 0.274. The van der Waals surface area contributed by atoms with Crippen molar-refractivity contribution in [3.8, 4) is 34.1 Å². The summed E-state index contributed by atoms with van der Waals surface area (Å²) >= 11 is 6.39. The topological polar surface area (TPSA) is 90.2 Å². The highest BCUT2D eigenvalue weighted by Crippen LogP contribution is 2.47. The fourth-order valence-corrected chi connectivity index (χ4v) is 5.01. The van der Waals surface area contributed by atoms with Crippen LogP contribution < -0.4 is 9.47 Å². The van der Waals surface area contributed by atoms with Crippen LogP contribution in [0.3, 0.4) is 0 Å². The standard InChI is InChI=1S/C28H27ClFNO6/c1-28(2,14-35-3)26-24(15-6-9-20(30)23(10-15)37-5)19-11-16(29)12-21(32)25(19)31(26)17-7-8-18(27(33)34)22(13-17)36-4/h6-13,32H,14H2,1-5H3,(H,33,34). The second-order valence-corrected chi connectivity index (χ2v) is 9.67. The van der Waals surface area contributed by atoms with Gasteiger partial charge in [-0.05, 0) is 35.9 Å². The van der Waals surface area contributed by atoms with Gasteiger partial charge in [0.25, 0.3) is 0 Å². The number of phenols is 1. The number of phenolic OH excluding ortho intramolecular Hbond substituents is 1. The number of carboxylic acids is 1. The minimum absolute atomic E-state index is 0.00354. The predicted octanol–water partition coefficient (Wildman–Crippen LogP) is 6.44. The summed E-state index contributed by atoms with van der Waals surface area (Å²) in [6.07, 6.45) is 0. The molecular weight excluding hydrogens is 501 g/mol. The molecule has 1 heterocycles. The predicted molar refractivity (Wildman–Crippen MR) is 140 cm³/mol. The molecule has 0 atom stereocenters. The van der Waals surface area contributed by atoms with E-state index >= 15 is 0 Å². The molecule has 0 radical (unpaired) electrons. The van der Waals surface area contributed by atoms with Gasteiger partial charge in [0.15, 0.2) is 11.6 Å². The van der Waals surface area contributed by atoms with Crippen LogP contribution in [-0.4, -0.2) is 48.7 Å². The second-order valence-electron chi connectivity index (χ2n) is 9.24. The summed E-state index contributed by atoms with van der Waals surface area (Å²) in [5.74, 6) is -1.51. The molecule has 0 saturated heterocycles. The maximum atomic E-state index is 14.4. The number of aromatic carboxylic acids is 1. The van der Waals surface area contributed by atoms with Crippen molar-refractivity contribution in [2.75, 3.05) is 27.9 Å². The van der Waals surface area contributed by atoms with Crippen LogP contribution in [0.4, 0.5) is 4.39 Å². The van der Waals surface area contributed by atoms with Gasteiger partial charge in [0.1, 0.15) is 17.1 Å². The Morgan fingerprint density at radius 1 is 1.03 bits per heavy atom. The molecular formula is C28H27ClFNO6. The lowest BCUT2D eigenvalue weighted by Gasteiger charge is -2.28. The van der Waals surface area contributed by atoms with E-state index in [-0.39, 0.29) is 22.8 Å². The highest BCUT2D eigenvalue weighted by Gasteiger charge is 2.34. The average Bonchev–Trinajstić information content (AvgIpc) is 3.20. The first kappa shape index (κ1) is 26.3. The number of ether oxygens (including phenoxy) is 3. The number of fused-ring (bicyclic) bond motifs is 1. The Morgan fingerprint density at radius 3 is 2.35 bits per heavy atom. The Balaban J connectivity index is 2.22. The molecule has 0 fully saturated rings. The number of halogens is 2. The Kier molecular flexibility index (Phi) is 7.08. The summed E-state index contributed by atoms with van der Waals surface area (Å²) in [6, 6.07) is 12.4. The van der Waals surface area contributed by atoms with Crippen LogP contribution in [-0.2, 0) is 10.2 Å². The third kappa shape index (κ3) is 4.58. The average molecular weight is 528 g/mol. The molecule has 194 valence electrons. The summed E-state index contributed by atoms with van der Waals surface area (Å²) in [5, 5.41) is 21.6. The summed E-state index contributed by atoms with van der Waals surface area (Å²) in [4.78, 5) is 11.7. The van der Waals surface area contributed by atoms with Gasteiger partial charge in [0.2, 0.25) is 0 Å². The highest BCUT2D eigenvalue weighted by molar-refractivity contribution is 6.32. The second kappa shape index (κ2) is 9.95.